The van der Waals surface area contributed by atoms with Crippen molar-refractivity contribution in [1.29, 1.82) is 0 Å². The monoisotopic (exact) mass is 527 g/mol. The van der Waals surface area contributed by atoms with Crippen molar-refractivity contribution in [3.63, 3.8) is 0 Å². The van der Waals surface area contributed by atoms with Crippen molar-refractivity contribution in [2.45, 2.75) is 19.8 Å². The lowest BCUT2D eigenvalue weighted by atomic mass is 9.81. The van der Waals surface area contributed by atoms with Gasteiger partial charge in [0.05, 0.1) is 33.5 Å². The standard InChI is InChI=1S/C30H40ClN2O4/c1-22-20-24(32(12-16-34)13-17-35)8-10-26(22)30(28-6-4-5-7-29(28)31)27-11-9-25(21-23(27)2)33(3,14-18-36)15-19-37/h4-11,20-21,30,34-37H,12-19H2,1-3H3/q+1. The van der Waals surface area contributed by atoms with Crippen molar-refractivity contribution >= 4 is 23.0 Å². The van der Waals surface area contributed by atoms with Gasteiger partial charge in [-0.25, -0.2) is 0 Å². The van der Waals surface area contributed by atoms with Crippen molar-refractivity contribution in [1.82, 2.24) is 4.48 Å². The number of aryl methyl sites for hydroxylation is 2. The van der Waals surface area contributed by atoms with Crippen LogP contribution in [0.1, 0.15) is 33.7 Å². The highest BCUT2D eigenvalue weighted by Gasteiger charge is 2.28. The van der Waals surface area contributed by atoms with Crippen LogP contribution in [-0.2, 0) is 0 Å². The summed E-state index contributed by atoms with van der Waals surface area (Å²) in [7, 11) is 2.03. The first-order chi connectivity index (χ1) is 17.8. The van der Waals surface area contributed by atoms with Crippen molar-refractivity contribution in [2.75, 3.05) is 64.6 Å². The molecule has 6 nitrogen and oxygen atoms in total. The van der Waals surface area contributed by atoms with Crippen LogP contribution in [0.3, 0.4) is 0 Å². The first kappa shape index (κ1) is 29.1. The smallest absolute Gasteiger partial charge is 0.133 e. The predicted molar refractivity (Wildman–Crippen MR) is 153 cm³/mol. The number of rotatable bonds is 13. The highest BCUT2D eigenvalue weighted by molar-refractivity contribution is 6.31. The molecular weight excluding hydrogens is 488 g/mol. The van der Waals surface area contributed by atoms with Crippen molar-refractivity contribution in [3.8, 4) is 0 Å². The molecule has 0 aliphatic heterocycles. The Hall–Kier alpha value is -2.45. The maximum Gasteiger partial charge on any atom is 0.133 e. The topological polar surface area (TPSA) is 84.2 Å². The fourth-order valence-corrected chi connectivity index (χ4v) is 5.38. The Morgan fingerprint density at radius 1 is 0.730 bits per heavy atom. The second kappa shape index (κ2) is 13.4. The van der Waals surface area contributed by atoms with E-state index in [9.17, 15) is 20.4 Å². The number of aliphatic hydroxyl groups excluding tert-OH is 4. The number of aliphatic hydroxyl groups is 4. The van der Waals surface area contributed by atoms with Gasteiger partial charge in [0.1, 0.15) is 18.8 Å². The van der Waals surface area contributed by atoms with Gasteiger partial charge in [0.25, 0.3) is 0 Å². The molecule has 0 amide bonds. The number of anilines is 1. The number of halogens is 1. The fourth-order valence-electron chi connectivity index (χ4n) is 5.13. The lowest BCUT2D eigenvalue weighted by molar-refractivity contribution is 0.185. The van der Waals surface area contributed by atoms with E-state index in [-0.39, 0.29) is 32.3 Å². The zero-order valence-corrected chi connectivity index (χ0v) is 22.8. The number of hydrogen-bond donors (Lipinski definition) is 4. The summed E-state index contributed by atoms with van der Waals surface area (Å²) in [5, 5.41) is 38.9. The van der Waals surface area contributed by atoms with Gasteiger partial charge in [0.15, 0.2) is 0 Å². The molecule has 0 aliphatic carbocycles. The average Bonchev–Trinajstić information content (AvgIpc) is 2.87. The quantitative estimate of drug-likeness (QED) is 0.200. The molecule has 0 saturated heterocycles. The first-order valence-electron chi connectivity index (χ1n) is 12.8. The summed E-state index contributed by atoms with van der Waals surface area (Å²) in [4.78, 5) is 1.97. The van der Waals surface area contributed by atoms with Crippen molar-refractivity contribution < 1.29 is 20.4 Å². The summed E-state index contributed by atoms with van der Waals surface area (Å²) in [6.07, 6.45) is 0. The third kappa shape index (κ3) is 6.71. The van der Waals surface area contributed by atoms with Crippen LogP contribution >= 0.6 is 11.6 Å². The van der Waals surface area contributed by atoms with Crippen molar-refractivity contribution in [3.05, 3.63) is 93.5 Å². The molecule has 4 N–H and O–H groups in total. The van der Waals surface area contributed by atoms with Crippen LogP contribution in [0.2, 0.25) is 5.02 Å². The Morgan fingerprint density at radius 2 is 1.30 bits per heavy atom. The van der Waals surface area contributed by atoms with E-state index in [1.807, 2.05) is 36.2 Å². The minimum Gasteiger partial charge on any atom is -0.395 e. The number of nitrogens with zero attached hydrogens (tertiary/aromatic N) is 2. The highest BCUT2D eigenvalue weighted by atomic mass is 35.5. The van der Waals surface area contributed by atoms with Crippen LogP contribution in [0, 0.1) is 13.8 Å². The van der Waals surface area contributed by atoms with Gasteiger partial charge in [-0.2, -0.15) is 0 Å². The molecule has 0 heterocycles. The lowest BCUT2D eigenvalue weighted by Gasteiger charge is -2.34. The second-order valence-corrected chi connectivity index (χ2v) is 10.2. The Labute approximate surface area is 225 Å². The molecular formula is C30H40ClN2O4+. The second-order valence-electron chi connectivity index (χ2n) is 9.76. The third-order valence-corrected chi connectivity index (χ3v) is 7.60. The van der Waals surface area contributed by atoms with E-state index >= 15 is 0 Å². The van der Waals surface area contributed by atoms with E-state index in [0.29, 0.717) is 35.7 Å². The van der Waals surface area contributed by atoms with E-state index in [1.54, 1.807) is 0 Å². The van der Waals surface area contributed by atoms with Gasteiger partial charge in [-0.3, -0.25) is 4.48 Å². The van der Waals surface area contributed by atoms with Crippen molar-refractivity contribution in [2.24, 2.45) is 0 Å². The van der Waals surface area contributed by atoms with Gasteiger partial charge < -0.3 is 25.3 Å². The molecule has 0 aromatic heterocycles. The summed E-state index contributed by atoms with van der Waals surface area (Å²) < 4.78 is 0.449. The summed E-state index contributed by atoms with van der Waals surface area (Å²) in [6.45, 7) is 6.22. The van der Waals surface area contributed by atoms with E-state index < -0.39 is 0 Å². The van der Waals surface area contributed by atoms with Crippen LogP contribution in [0.5, 0.6) is 0 Å². The van der Waals surface area contributed by atoms with E-state index in [2.05, 4.69) is 50.2 Å². The van der Waals surface area contributed by atoms with Gasteiger partial charge in [0.2, 0.25) is 0 Å². The number of quaternary nitrogens is 1. The lowest BCUT2D eigenvalue weighted by Crippen LogP contribution is -2.49. The maximum atomic E-state index is 9.65. The van der Waals surface area contributed by atoms with Crippen LogP contribution in [0.4, 0.5) is 11.4 Å². The Balaban J connectivity index is 2.14. The SMILES string of the molecule is Cc1cc(N(CCO)CCO)ccc1C(c1ccc([N+](C)(CCO)CCO)cc1C)c1ccccc1Cl. The maximum absolute atomic E-state index is 9.65. The fraction of sp³-hybridized carbons (Fsp3) is 0.400. The summed E-state index contributed by atoms with van der Waals surface area (Å²) in [5.74, 6) is -0.102. The molecule has 37 heavy (non-hydrogen) atoms. The van der Waals surface area contributed by atoms with Gasteiger partial charge >= 0.3 is 0 Å². The molecule has 0 saturated carbocycles. The molecule has 1 unspecified atom stereocenters. The van der Waals surface area contributed by atoms with Gasteiger partial charge in [-0.15, -0.1) is 0 Å². The van der Waals surface area contributed by atoms with E-state index in [1.165, 1.54) is 0 Å². The first-order valence-corrected chi connectivity index (χ1v) is 13.2. The van der Waals surface area contributed by atoms with E-state index in [4.69, 9.17) is 11.6 Å². The zero-order chi connectivity index (χ0) is 27.0. The average molecular weight is 528 g/mol. The zero-order valence-electron chi connectivity index (χ0n) is 22.1. The van der Waals surface area contributed by atoms with Crippen LogP contribution < -0.4 is 9.38 Å². The third-order valence-electron chi connectivity index (χ3n) is 7.26. The molecule has 1 atom stereocenters. The molecule has 0 fully saturated rings. The summed E-state index contributed by atoms with van der Waals surface area (Å²) in [6, 6.07) is 20.6. The van der Waals surface area contributed by atoms with E-state index in [0.717, 1.165) is 39.2 Å². The molecule has 0 aliphatic rings. The number of benzene rings is 3. The van der Waals surface area contributed by atoms with Gasteiger partial charge in [-0.1, -0.05) is 41.9 Å². The Bertz CT molecular complexity index is 1160. The number of likely N-dealkylation sites (N-methyl/N-ethyl adjacent to an activating group) is 1. The Morgan fingerprint density at radius 3 is 1.81 bits per heavy atom. The molecule has 0 spiro atoms. The predicted octanol–water partition coefficient (Wildman–Crippen LogP) is 3.85. The van der Waals surface area contributed by atoms with Crippen LogP contribution in [-0.4, -0.2) is 80.1 Å². The summed E-state index contributed by atoms with van der Waals surface area (Å²) >= 11 is 6.75. The molecule has 3 rings (SSSR count). The van der Waals surface area contributed by atoms with Gasteiger partial charge in [-0.05, 0) is 65.9 Å². The minimum absolute atomic E-state index is 0.0125. The van der Waals surface area contributed by atoms with Crippen LogP contribution in [0.15, 0.2) is 60.7 Å². The molecule has 3 aromatic carbocycles. The molecule has 7 heteroatoms. The normalized spacial score (nSPS) is 12.5. The largest absolute Gasteiger partial charge is 0.395 e. The van der Waals surface area contributed by atoms with Crippen LogP contribution in [0.25, 0.3) is 0 Å². The molecule has 3 aromatic rings. The highest BCUT2D eigenvalue weighted by Crippen LogP contribution is 2.40. The molecule has 0 bridgehead atoms. The molecule has 200 valence electrons. The Kier molecular flexibility index (Phi) is 10.5. The van der Waals surface area contributed by atoms with Gasteiger partial charge in [0, 0.05) is 35.8 Å². The minimum atomic E-state index is -0.102. The molecule has 0 radical (unpaired) electrons. The summed E-state index contributed by atoms with van der Waals surface area (Å²) in [5.41, 5.74) is 7.47. The number of hydrogen-bond acceptors (Lipinski definition) is 5.